The first-order chi connectivity index (χ1) is 7.11. The Labute approximate surface area is 96.4 Å². The molecule has 0 saturated carbocycles. The van der Waals surface area contributed by atoms with Gasteiger partial charge in [0.1, 0.15) is 0 Å². The van der Waals surface area contributed by atoms with E-state index in [0.29, 0.717) is 0 Å². The summed E-state index contributed by atoms with van der Waals surface area (Å²) in [5.74, 6) is 1.58. The van der Waals surface area contributed by atoms with E-state index in [4.69, 9.17) is 0 Å². The zero-order chi connectivity index (χ0) is 11.7. The summed E-state index contributed by atoms with van der Waals surface area (Å²) in [6.07, 6.45) is 1.27. The van der Waals surface area contributed by atoms with Gasteiger partial charge in [-0.2, -0.15) is 0 Å². The Bertz CT molecular complexity index is 126. The fourth-order valence-corrected chi connectivity index (χ4v) is 1.53. The molecule has 2 heteroatoms. The van der Waals surface area contributed by atoms with Crippen molar-refractivity contribution in [3.05, 3.63) is 0 Å². The number of hydrogen-bond acceptors (Lipinski definition) is 2. The maximum Gasteiger partial charge on any atom is -0.000687 e. The molecule has 0 spiro atoms. The minimum Gasteiger partial charge on any atom is -0.316 e. The molecular weight excluding hydrogens is 184 g/mol. The summed E-state index contributed by atoms with van der Waals surface area (Å²) in [6, 6.07) is 0. The van der Waals surface area contributed by atoms with Gasteiger partial charge in [-0.15, -0.1) is 0 Å². The minimum atomic E-state index is 0.790. The molecule has 1 unspecified atom stereocenters. The molecule has 0 radical (unpaired) electrons. The van der Waals surface area contributed by atoms with Gasteiger partial charge in [0.2, 0.25) is 0 Å². The third-order valence-corrected chi connectivity index (χ3v) is 3.33. The van der Waals surface area contributed by atoms with Gasteiger partial charge in [0.05, 0.1) is 0 Å². The average molecular weight is 214 g/mol. The largest absolute Gasteiger partial charge is 0.316 e. The van der Waals surface area contributed by atoms with Crippen LogP contribution >= 0.6 is 0 Å². The Balaban J connectivity index is 3.31. The molecule has 0 bridgehead atoms. The highest BCUT2D eigenvalue weighted by molar-refractivity contribution is 4.61. The Morgan fingerprint density at radius 3 is 2.13 bits per heavy atom. The van der Waals surface area contributed by atoms with Crippen LogP contribution in [0.1, 0.15) is 41.0 Å². The van der Waals surface area contributed by atoms with Crippen LogP contribution < -0.4 is 5.32 Å². The van der Waals surface area contributed by atoms with E-state index >= 15 is 0 Å². The zero-order valence-electron chi connectivity index (χ0n) is 11.3. The first-order valence-electron chi connectivity index (χ1n) is 6.54. The van der Waals surface area contributed by atoms with Crippen molar-refractivity contribution < 1.29 is 0 Å². The highest BCUT2D eigenvalue weighted by Crippen LogP contribution is 2.07. The first kappa shape index (κ1) is 14.9. The van der Waals surface area contributed by atoms with E-state index in [1.54, 1.807) is 0 Å². The molecule has 15 heavy (non-hydrogen) atoms. The third-order valence-electron chi connectivity index (χ3n) is 3.33. The Hall–Kier alpha value is -0.0800. The summed E-state index contributed by atoms with van der Waals surface area (Å²) in [7, 11) is 0. The second-order valence-corrected chi connectivity index (χ2v) is 4.81. The van der Waals surface area contributed by atoms with Crippen LogP contribution in [-0.2, 0) is 0 Å². The molecule has 0 aromatic heterocycles. The molecular formula is C13H30N2. The van der Waals surface area contributed by atoms with E-state index in [0.717, 1.165) is 24.9 Å². The third kappa shape index (κ3) is 7.80. The minimum absolute atomic E-state index is 0.790. The van der Waals surface area contributed by atoms with Crippen molar-refractivity contribution in [3.8, 4) is 0 Å². The van der Waals surface area contributed by atoms with E-state index in [9.17, 15) is 0 Å². The average Bonchev–Trinajstić information content (AvgIpc) is 2.23. The fraction of sp³-hybridized carbons (Fsp3) is 1.00. The van der Waals surface area contributed by atoms with Crippen LogP contribution in [0.25, 0.3) is 0 Å². The van der Waals surface area contributed by atoms with Crippen LogP contribution in [-0.4, -0.2) is 37.6 Å². The molecule has 0 aromatic carbocycles. The van der Waals surface area contributed by atoms with Crippen LogP contribution in [0.3, 0.4) is 0 Å². The van der Waals surface area contributed by atoms with Crippen molar-refractivity contribution in [2.75, 3.05) is 32.7 Å². The molecule has 1 atom stereocenters. The molecule has 0 rings (SSSR count). The molecule has 0 aliphatic heterocycles. The van der Waals surface area contributed by atoms with Crippen molar-refractivity contribution in [1.29, 1.82) is 0 Å². The number of nitrogens with one attached hydrogen (secondary N) is 1. The summed E-state index contributed by atoms with van der Waals surface area (Å²) in [4.78, 5) is 2.48. The van der Waals surface area contributed by atoms with Crippen LogP contribution in [0.5, 0.6) is 0 Å². The van der Waals surface area contributed by atoms with Crippen LogP contribution in [0, 0.1) is 11.8 Å². The molecule has 0 fully saturated rings. The van der Waals surface area contributed by atoms with Gasteiger partial charge >= 0.3 is 0 Å². The Kier molecular flexibility index (Phi) is 9.12. The van der Waals surface area contributed by atoms with Crippen molar-refractivity contribution in [3.63, 3.8) is 0 Å². The summed E-state index contributed by atoms with van der Waals surface area (Å²) in [5.41, 5.74) is 0. The first-order valence-corrected chi connectivity index (χ1v) is 6.54. The highest BCUT2D eigenvalue weighted by atomic mass is 15.1. The molecule has 1 N–H and O–H groups in total. The second-order valence-electron chi connectivity index (χ2n) is 4.81. The normalized spacial score (nSPS) is 13.8. The molecule has 0 saturated heterocycles. The van der Waals surface area contributed by atoms with Crippen molar-refractivity contribution in [2.45, 2.75) is 41.0 Å². The van der Waals surface area contributed by atoms with Gasteiger partial charge in [-0.1, -0.05) is 34.6 Å². The monoisotopic (exact) mass is 214 g/mol. The van der Waals surface area contributed by atoms with E-state index in [2.05, 4.69) is 44.8 Å². The van der Waals surface area contributed by atoms with Gasteiger partial charge < -0.3 is 10.2 Å². The molecule has 92 valence electrons. The lowest BCUT2D eigenvalue weighted by Crippen LogP contribution is -2.29. The molecule has 0 aromatic rings. The van der Waals surface area contributed by atoms with E-state index < -0.39 is 0 Å². The molecule has 0 aliphatic carbocycles. The predicted molar refractivity (Wildman–Crippen MR) is 69.3 cm³/mol. The van der Waals surface area contributed by atoms with Gasteiger partial charge in [-0.25, -0.2) is 0 Å². The summed E-state index contributed by atoms with van der Waals surface area (Å²) in [5, 5.41) is 3.54. The Morgan fingerprint density at radius 1 is 1.07 bits per heavy atom. The van der Waals surface area contributed by atoms with Gasteiger partial charge in [0, 0.05) is 0 Å². The Morgan fingerprint density at radius 2 is 1.67 bits per heavy atom. The number of nitrogens with zero attached hydrogens (tertiary/aromatic N) is 1. The van der Waals surface area contributed by atoms with Crippen molar-refractivity contribution in [2.24, 2.45) is 11.8 Å². The molecule has 0 amide bonds. The lowest BCUT2D eigenvalue weighted by molar-refractivity contribution is 0.295. The summed E-state index contributed by atoms with van der Waals surface area (Å²) in [6.45, 7) is 17.3. The predicted octanol–water partition coefficient (Wildman–Crippen LogP) is 2.60. The lowest BCUT2D eigenvalue weighted by atomic mass is 9.98. The van der Waals surface area contributed by atoms with E-state index in [1.807, 2.05) is 0 Å². The fourth-order valence-electron chi connectivity index (χ4n) is 1.53. The number of rotatable bonds is 9. The smallest absolute Gasteiger partial charge is 0.000687 e. The molecule has 0 heterocycles. The van der Waals surface area contributed by atoms with Crippen LogP contribution in [0.2, 0.25) is 0 Å². The van der Waals surface area contributed by atoms with E-state index in [1.165, 1.54) is 26.1 Å². The van der Waals surface area contributed by atoms with Crippen molar-refractivity contribution in [1.82, 2.24) is 10.2 Å². The van der Waals surface area contributed by atoms with E-state index in [-0.39, 0.29) is 0 Å². The quantitative estimate of drug-likeness (QED) is 0.594. The van der Waals surface area contributed by atoms with Crippen molar-refractivity contribution >= 4 is 0 Å². The summed E-state index contributed by atoms with van der Waals surface area (Å²) >= 11 is 0. The van der Waals surface area contributed by atoms with Gasteiger partial charge in [0.15, 0.2) is 0 Å². The molecule has 2 nitrogen and oxygen atoms in total. The summed E-state index contributed by atoms with van der Waals surface area (Å²) < 4.78 is 0. The van der Waals surface area contributed by atoms with Gasteiger partial charge in [0.25, 0.3) is 0 Å². The van der Waals surface area contributed by atoms with Crippen LogP contribution in [0.4, 0.5) is 0 Å². The molecule has 0 aliphatic rings. The van der Waals surface area contributed by atoms with Gasteiger partial charge in [-0.05, 0) is 51.0 Å². The second kappa shape index (κ2) is 9.17. The van der Waals surface area contributed by atoms with Crippen LogP contribution in [0.15, 0.2) is 0 Å². The maximum atomic E-state index is 3.54. The maximum absolute atomic E-state index is 3.54. The standard InChI is InChI=1S/C13H30N2/c1-6-15(7-2)10-8-9-14-11-13(5)12(3)4/h12-14H,6-11H2,1-5H3. The topological polar surface area (TPSA) is 15.3 Å². The SMILES string of the molecule is CCN(CC)CCCNCC(C)C(C)C. The highest BCUT2D eigenvalue weighted by Gasteiger charge is 2.05. The lowest BCUT2D eigenvalue weighted by Gasteiger charge is -2.19. The number of hydrogen-bond donors (Lipinski definition) is 1. The van der Waals surface area contributed by atoms with Gasteiger partial charge in [-0.3, -0.25) is 0 Å². The zero-order valence-corrected chi connectivity index (χ0v) is 11.3.